The minimum Gasteiger partial charge on any atom is -0.479 e. The van der Waals surface area contributed by atoms with E-state index in [-0.39, 0.29) is 12.5 Å². The minimum atomic E-state index is -0.797. The van der Waals surface area contributed by atoms with Gasteiger partial charge >= 0.3 is 0 Å². The Morgan fingerprint density at radius 1 is 1.11 bits per heavy atom. The van der Waals surface area contributed by atoms with Crippen molar-refractivity contribution in [3.8, 4) is 17.1 Å². The van der Waals surface area contributed by atoms with E-state index in [2.05, 4.69) is 5.32 Å². The third-order valence-electron chi connectivity index (χ3n) is 3.89. The molecule has 1 atom stereocenters. The summed E-state index contributed by atoms with van der Waals surface area (Å²) in [6, 6.07) is 13.2. The van der Waals surface area contributed by atoms with Crippen molar-refractivity contribution >= 4 is 46.4 Å². The van der Waals surface area contributed by atoms with Gasteiger partial charge in [0.15, 0.2) is 6.10 Å². The number of hydrogen-bond acceptors (Lipinski definition) is 4. The third-order valence-corrected chi connectivity index (χ3v) is 4.73. The van der Waals surface area contributed by atoms with Crippen LogP contribution in [0.3, 0.4) is 0 Å². The average Bonchev–Trinajstić information content (AvgIpc) is 3.13. The van der Waals surface area contributed by atoms with Crippen molar-refractivity contribution in [2.24, 2.45) is 0 Å². The Hall–Kier alpha value is -2.18. The van der Waals surface area contributed by atoms with E-state index in [1.54, 1.807) is 55.5 Å². The van der Waals surface area contributed by atoms with Gasteiger partial charge in [-0.15, -0.1) is 0 Å². The Kier molecular flexibility index (Phi) is 6.52. The van der Waals surface area contributed by atoms with Crippen LogP contribution in [0, 0.1) is 0 Å². The molecule has 5 nitrogen and oxygen atoms in total. The van der Waals surface area contributed by atoms with Crippen molar-refractivity contribution in [1.82, 2.24) is 0 Å². The molecule has 8 heteroatoms. The standard InChI is InChI=1S/C20H16Cl3NO4/c1-11(27-19-6-2-12(21)8-17(19)23)20(26)24-13-3-5-15(16(22)9-13)18-7-4-14(10-25)28-18/h2-9,11,25H,10H2,1H3,(H,24,26)/t11-/m1/s1. The highest BCUT2D eigenvalue weighted by atomic mass is 35.5. The largest absolute Gasteiger partial charge is 0.479 e. The second-order valence-electron chi connectivity index (χ2n) is 5.94. The molecule has 146 valence electrons. The van der Waals surface area contributed by atoms with Gasteiger partial charge in [0.25, 0.3) is 5.91 Å². The molecule has 1 aromatic heterocycles. The first-order valence-corrected chi connectivity index (χ1v) is 9.43. The molecule has 0 unspecified atom stereocenters. The highest BCUT2D eigenvalue weighted by Gasteiger charge is 2.17. The number of anilines is 1. The fourth-order valence-electron chi connectivity index (χ4n) is 2.46. The van der Waals surface area contributed by atoms with E-state index in [0.717, 1.165) is 0 Å². The van der Waals surface area contributed by atoms with E-state index in [0.29, 0.717) is 43.6 Å². The number of furan rings is 1. The zero-order chi connectivity index (χ0) is 20.3. The number of carbonyl (C=O) groups excluding carboxylic acids is 1. The predicted octanol–water partition coefficient (Wildman–Crippen LogP) is 5.81. The smallest absolute Gasteiger partial charge is 0.265 e. The summed E-state index contributed by atoms with van der Waals surface area (Å²) < 4.78 is 11.1. The quantitative estimate of drug-likeness (QED) is 0.508. The van der Waals surface area contributed by atoms with Crippen LogP contribution >= 0.6 is 34.8 Å². The van der Waals surface area contributed by atoms with Gasteiger partial charge in [-0.05, 0) is 55.5 Å². The number of aliphatic hydroxyl groups excluding tert-OH is 1. The number of ether oxygens (including phenoxy) is 1. The first-order valence-electron chi connectivity index (χ1n) is 8.29. The molecule has 0 aliphatic heterocycles. The molecule has 0 aliphatic carbocycles. The van der Waals surface area contributed by atoms with Gasteiger partial charge in [0.1, 0.15) is 23.9 Å². The molecule has 3 rings (SSSR count). The lowest BCUT2D eigenvalue weighted by Crippen LogP contribution is -2.30. The topological polar surface area (TPSA) is 71.7 Å². The molecule has 0 radical (unpaired) electrons. The summed E-state index contributed by atoms with van der Waals surface area (Å²) in [5.41, 5.74) is 1.15. The van der Waals surface area contributed by atoms with Crippen molar-refractivity contribution in [2.75, 3.05) is 5.32 Å². The molecule has 1 amide bonds. The summed E-state index contributed by atoms with van der Waals surface area (Å²) in [5.74, 6) is 0.964. The van der Waals surface area contributed by atoms with E-state index in [1.165, 1.54) is 0 Å². The molecule has 2 aromatic carbocycles. The number of aliphatic hydroxyl groups is 1. The zero-order valence-corrected chi connectivity index (χ0v) is 17.0. The number of hydrogen-bond donors (Lipinski definition) is 2. The normalized spacial score (nSPS) is 11.9. The molecule has 0 spiro atoms. The average molecular weight is 441 g/mol. The fraction of sp³-hybridized carbons (Fsp3) is 0.150. The number of benzene rings is 2. The van der Waals surface area contributed by atoms with Gasteiger partial charge in [0.2, 0.25) is 0 Å². The molecule has 1 heterocycles. The zero-order valence-electron chi connectivity index (χ0n) is 14.7. The first-order chi connectivity index (χ1) is 13.4. The van der Waals surface area contributed by atoms with Crippen molar-refractivity contribution in [3.05, 3.63) is 69.4 Å². The molecule has 0 fully saturated rings. The van der Waals surface area contributed by atoms with Crippen LogP contribution in [-0.2, 0) is 11.4 Å². The fourth-order valence-corrected chi connectivity index (χ4v) is 3.19. The van der Waals surface area contributed by atoms with Crippen molar-refractivity contribution in [1.29, 1.82) is 0 Å². The summed E-state index contributed by atoms with van der Waals surface area (Å²) in [7, 11) is 0. The molecule has 0 saturated heterocycles. The summed E-state index contributed by atoms with van der Waals surface area (Å²) in [5, 5.41) is 13.0. The van der Waals surface area contributed by atoms with E-state index < -0.39 is 6.10 Å². The van der Waals surface area contributed by atoms with Gasteiger partial charge in [-0.1, -0.05) is 34.8 Å². The van der Waals surface area contributed by atoms with Gasteiger partial charge in [-0.2, -0.15) is 0 Å². The van der Waals surface area contributed by atoms with Crippen molar-refractivity contribution in [3.63, 3.8) is 0 Å². The number of amides is 1. The Labute approximate surface area is 176 Å². The lowest BCUT2D eigenvalue weighted by atomic mass is 10.1. The summed E-state index contributed by atoms with van der Waals surface area (Å²) in [4.78, 5) is 12.4. The lowest BCUT2D eigenvalue weighted by Gasteiger charge is -2.16. The summed E-state index contributed by atoms with van der Waals surface area (Å²) in [6.07, 6.45) is -0.797. The molecule has 28 heavy (non-hydrogen) atoms. The maximum Gasteiger partial charge on any atom is 0.265 e. The second kappa shape index (κ2) is 8.88. The van der Waals surface area contributed by atoms with E-state index >= 15 is 0 Å². The predicted molar refractivity (Wildman–Crippen MR) is 110 cm³/mol. The Balaban J connectivity index is 1.68. The van der Waals surface area contributed by atoms with Crippen LogP contribution in [0.4, 0.5) is 5.69 Å². The van der Waals surface area contributed by atoms with Crippen LogP contribution in [0.2, 0.25) is 15.1 Å². The number of nitrogens with one attached hydrogen (secondary N) is 1. The van der Waals surface area contributed by atoms with Crippen molar-refractivity contribution < 1.29 is 19.1 Å². The maximum atomic E-state index is 12.4. The lowest BCUT2D eigenvalue weighted by molar-refractivity contribution is -0.122. The SMILES string of the molecule is C[C@@H](Oc1ccc(Cl)cc1Cl)C(=O)Nc1ccc(-c2ccc(CO)o2)c(Cl)c1. The third kappa shape index (κ3) is 4.80. The first kappa shape index (κ1) is 20.6. The van der Waals surface area contributed by atoms with Gasteiger partial charge in [-0.25, -0.2) is 0 Å². The Bertz CT molecular complexity index is 1000. The van der Waals surface area contributed by atoms with Crippen LogP contribution in [0.1, 0.15) is 12.7 Å². The van der Waals surface area contributed by atoms with Gasteiger partial charge in [0, 0.05) is 16.3 Å². The van der Waals surface area contributed by atoms with E-state index in [9.17, 15) is 4.79 Å². The molecule has 0 aliphatic rings. The number of halogens is 3. The van der Waals surface area contributed by atoms with Crippen LogP contribution in [0.15, 0.2) is 52.9 Å². The van der Waals surface area contributed by atoms with Crippen LogP contribution in [0.25, 0.3) is 11.3 Å². The monoisotopic (exact) mass is 439 g/mol. The van der Waals surface area contributed by atoms with Crippen molar-refractivity contribution in [2.45, 2.75) is 19.6 Å². The highest BCUT2D eigenvalue weighted by molar-refractivity contribution is 6.35. The maximum absolute atomic E-state index is 12.4. The van der Waals surface area contributed by atoms with Crippen LogP contribution in [0.5, 0.6) is 5.75 Å². The molecular weight excluding hydrogens is 425 g/mol. The Morgan fingerprint density at radius 2 is 1.89 bits per heavy atom. The summed E-state index contributed by atoms with van der Waals surface area (Å²) in [6.45, 7) is 1.41. The van der Waals surface area contributed by atoms with Gasteiger partial charge in [-0.3, -0.25) is 4.79 Å². The van der Waals surface area contributed by atoms with Gasteiger partial charge < -0.3 is 19.6 Å². The second-order valence-corrected chi connectivity index (χ2v) is 7.19. The minimum absolute atomic E-state index is 0.193. The van der Waals surface area contributed by atoms with E-state index in [4.69, 9.17) is 49.1 Å². The molecule has 0 saturated carbocycles. The molecule has 2 N–H and O–H groups in total. The molecule has 3 aromatic rings. The Morgan fingerprint density at radius 3 is 2.54 bits per heavy atom. The van der Waals surface area contributed by atoms with E-state index in [1.807, 2.05) is 0 Å². The number of rotatable bonds is 6. The van der Waals surface area contributed by atoms with Crippen LogP contribution < -0.4 is 10.1 Å². The molecule has 0 bridgehead atoms. The van der Waals surface area contributed by atoms with Crippen LogP contribution in [-0.4, -0.2) is 17.1 Å². The highest BCUT2D eigenvalue weighted by Crippen LogP contribution is 2.32. The number of carbonyl (C=O) groups is 1. The van der Waals surface area contributed by atoms with Gasteiger partial charge in [0.05, 0.1) is 10.0 Å². The molecular formula is C20H16Cl3NO4. The summed E-state index contributed by atoms with van der Waals surface area (Å²) >= 11 is 18.2.